The summed E-state index contributed by atoms with van der Waals surface area (Å²) >= 11 is 0. The van der Waals surface area contributed by atoms with Crippen LogP contribution in [0.4, 0.5) is 0 Å². The summed E-state index contributed by atoms with van der Waals surface area (Å²) in [5.74, 6) is 2.44. The van der Waals surface area contributed by atoms with Gasteiger partial charge in [-0.05, 0) is 57.6 Å². The molecule has 1 N–H and O–H groups in total. The van der Waals surface area contributed by atoms with E-state index in [1.54, 1.807) is 7.11 Å². The molecule has 1 saturated heterocycles. The number of hydrogen-bond donors (Lipinski definition) is 1. The Morgan fingerprint density at radius 1 is 1.09 bits per heavy atom. The maximum Gasteiger partial charge on any atom is 0.161 e. The van der Waals surface area contributed by atoms with Gasteiger partial charge in [0.25, 0.3) is 0 Å². The molecule has 1 aliphatic rings. The van der Waals surface area contributed by atoms with Crippen LogP contribution < -0.4 is 9.47 Å². The maximum absolute atomic E-state index is 10.5. The van der Waals surface area contributed by atoms with E-state index >= 15 is 0 Å². The second-order valence-corrected chi connectivity index (χ2v) is 8.82. The van der Waals surface area contributed by atoms with E-state index in [0.717, 1.165) is 44.1 Å². The minimum absolute atomic E-state index is 0.270. The van der Waals surface area contributed by atoms with Crippen molar-refractivity contribution in [2.24, 2.45) is 0 Å². The number of ether oxygens (including phenoxy) is 2. The number of aromatic nitrogens is 2. The number of hydrogen-bond acceptors (Lipinski definition) is 6. The molecule has 2 heterocycles. The number of β-amino-alcohol motifs (C(OH)–C–C–N with tert-alkyl or cyclic N) is 1. The van der Waals surface area contributed by atoms with Crippen molar-refractivity contribution in [2.75, 3.05) is 40.4 Å². The van der Waals surface area contributed by atoms with Gasteiger partial charge < -0.3 is 24.0 Å². The molecule has 0 amide bonds. The summed E-state index contributed by atoms with van der Waals surface area (Å²) < 4.78 is 13.7. The molecule has 1 aromatic heterocycles. The summed E-state index contributed by atoms with van der Waals surface area (Å²) in [6.07, 6.45) is 9.73. The molecule has 0 bridgehead atoms. The zero-order valence-electron chi connectivity index (χ0n) is 20.0. The molecule has 0 saturated carbocycles. The van der Waals surface area contributed by atoms with Crippen molar-refractivity contribution in [1.82, 2.24) is 19.4 Å². The largest absolute Gasteiger partial charge is 0.493 e. The van der Waals surface area contributed by atoms with E-state index in [2.05, 4.69) is 39.4 Å². The second kappa shape index (κ2) is 12.8. The second-order valence-electron chi connectivity index (χ2n) is 8.82. The van der Waals surface area contributed by atoms with Crippen molar-refractivity contribution >= 4 is 0 Å². The fraction of sp³-hybridized carbons (Fsp3) is 0.640. The first-order chi connectivity index (χ1) is 15.6. The van der Waals surface area contributed by atoms with Crippen LogP contribution in [-0.2, 0) is 19.6 Å². The number of rotatable bonds is 11. The van der Waals surface area contributed by atoms with Crippen LogP contribution in [0.1, 0.15) is 50.4 Å². The quantitative estimate of drug-likeness (QED) is 0.572. The van der Waals surface area contributed by atoms with Gasteiger partial charge in [-0.1, -0.05) is 25.3 Å². The molecule has 178 valence electrons. The molecule has 7 nitrogen and oxygen atoms in total. The van der Waals surface area contributed by atoms with Gasteiger partial charge in [-0.2, -0.15) is 0 Å². The lowest BCUT2D eigenvalue weighted by Crippen LogP contribution is -2.37. The smallest absolute Gasteiger partial charge is 0.161 e. The Bertz CT molecular complexity index is 802. The molecular weight excluding hydrogens is 404 g/mol. The first-order valence-electron chi connectivity index (χ1n) is 12.0. The van der Waals surface area contributed by atoms with E-state index in [-0.39, 0.29) is 6.61 Å². The number of imidazole rings is 1. The molecule has 32 heavy (non-hydrogen) atoms. The Labute approximate surface area is 193 Å². The van der Waals surface area contributed by atoms with E-state index in [0.29, 0.717) is 18.0 Å². The summed E-state index contributed by atoms with van der Waals surface area (Å²) in [5, 5.41) is 10.5. The fourth-order valence-electron chi connectivity index (χ4n) is 4.35. The van der Waals surface area contributed by atoms with E-state index in [1.165, 1.54) is 32.1 Å². The predicted molar refractivity (Wildman–Crippen MR) is 127 cm³/mol. The van der Waals surface area contributed by atoms with Gasteiger partial charge in [-0.3, -0.25) is 4.90 Å². The van der Waals surface area contributed by atoms with Gasteiger partial charge in [0.1, 0.15) is 18.5 Å². The monoisotopic (exact) mass is 444 g/mol. The van der Waals surface area contributed by atoms with Crippen molar-refractivity contribution < 1.29 is 14.6 Å². The fourth-order valence-corrected chi connectivity index (χ4v) is 4.35. The van der Waals surface area contributed by atoms with Crippen molar-refractivity contribution in [2.45, 2.75) is 64.8 Å². The Morgan fingerprint density at radius 2 is 1.84 bits per heavy atom. The number of likely N-dealkylation sites (tertiary alicyclic amines) is 1. The van der Waals surface area contributed by atoms with Crippen molar-refractivity contribution in [1.29, 1.82) is 0 Å². The van der Waals surface area contributed by atoms with Gasteiger partial charge in [0.15, 0.2) is 11.5 Å². The van der Waals surface area contributed by atoms with Crippen LogP contribution in [0.3, 0.4) is 0 Å². The summed E-state index contributed by atoms with van der Waals surface area (Å²) in [6.45, 7) is 7.69. The highest BCUT2D eigenvalue weighted by Gasteiger charge is 2.15. The molecule has 0 spiro atoms. The van der Waals surface area contributed by atoms with E-state index < -0.39 is 6.10 Å². The summed E-state index contributed by atoms with van der Waals surface area (Å²) in [5.41, 5.74) is 1.15. The molecule has 1 aliphatic heterocycles. The van der Waals surface area contributed by atoms with Crippen LogP contribution in [0.15, 0.2) is 30.6 Å². The highest BCUT2D eigenvalue weighted by Crippen LogP contribution is 2.29. The third-order valence-electron chi connectivity index (χ3n) is 6.08. The Kier molecular flexibility index (Phi) is 9.84. The number of methoxy groups -OCH3 is 1. The summed E-state index contributed by atoms with van der Waals surface area (Å²) in [4.78, 5) is 9.06. The van der Waals surface area contributed by atoms with Crippen LogP contribution in [-0.4, -0.2) is 71.0 Å². The lowest BCUT2D eigenvalue weighted by atomic mass is 10.1. The molecular formula is C25H40N4O3. The van der Waals surface area contributed by atoms with Gasteiger partial charge in [0.05, 0.1) is 13.7 Å². The van der Waals surface area contributed by atoms with Crippen LogP contribution in [0, 0.1) is 0 Å². The first kappa shape index (κ1) is 24.6. The number of aliphatic hydroxyl groups excluding tert-OH is 1. The zero-order chi connectivity index (χ0) is 22.8. The predicted octanol–water partition coefficient (Wildman–Crippen LogP) is 3.55. The molecule has 3 rings (SSSR count). The number of aliphatic hydroxyl groups is 1. The highest BCUT2D eigenvalue weighted by atomic mass is 16.5. The Balaban J connectivity index is 1.50. The van der Waals surface area contributed by atoms with Crippen LogP contribution in [0.5, 0.6) is 11.5 Å². The number of nitrogens with zero attached hydrogens (tertiary/aromatic N) is 4. The molecule has 2 aromatic rings. The maximum atomic E-state index is 10.5. The van der Waals surface area contributed by atoms with E-state index in [9.17, 15) is 5.11 Å². The first-order valence-corrected chi connectivity index (χ1v) is 12.0. The lowest BCUT2D eigenvalue weighted by molar-refractivity contribution is 0.0645. The molecule has 0 radical (unpaired) electrons. The van der Waals surface area contributed by atoms with Crippen molar-refractivity contribution in [3.05, 3.63) is 42.0 Å². The summed E-state index contributed by atoms with van der Waals surface area (Å²) in [7, 11) is 3.75. The minimum Gasteiger partial charge on any atom is -0.493 e. The number of benzene rings is 1. The molecule has 7 heteroatoms. The Morgan fingerprint density at radius 3 is 2.56 bits per heavy atom. The van der Waals surface area contributed by atoms with Gasteiger partial charge in [0, 0.05) is 32.0 Å². The summed E-state index contributed by atoms with van der Waals surface area (Å²) in [6, 6.07) is 6.02. The van der Waals surface area contributed by atoms with Crippen molar-refractivity contribution in [3.63, 3.8) is 0 Å². The minimum atomic E-state index is -0.507. The zero-order valence-corrected chi connectivity index (χ0v) is 20.0. The van der Waals surface area contributed by atoms with Crippen LogP contribution in [0.2, 0.25) is 0 Å². The third-order valence-corrected chi connectivity index (χ3v) is 6.08. The average molecular weight is 445 g/mol. The van der Waals surface area contributed by atoms with Gasteiger partial charge >= 0.3 is 0 Å². The van der Waals surface area contributed by atoms with Gasteiger partial charge in [0.2, 0.25) is 0 Å². The SMILES string of the molecule is CCn1ccnc1CN(C)Cc1ccc(OC[C@@H](O)CN2CCCCCCC2)c(OC)c1. The molecule has 1 fully saturated rings. The topological polar surface area (TPSA) is 63.0 Å². The van der Waals surface area contributed by atoms with Crippen molar-refractivity contribution in [3.8, 4) is 11.5 Å². The van der Waals surface area contributed by atoms with Crippen LogP contribution >= 0.6 is 0 Å². The molecule has 0 unspecified atom stereocenters. The van der Waals surface area contributed by atoms with E-state index in [1.807, 2.05) is 24.5 Å². The third kappa shape index (κ3) is 7.50. The van der Waals surface area contributed by atoms with Crippen LogP contribution in [0.25, 0.3) is 0 Å². The average Bonchev–Trinajstić information content (AvgIpc) is 3.21. The Hall–Kier alpha value is -2.09. The lowest BCUT2D eigenvalue weighted by Gasteiger charge is -2.26. The van der Waals surface area contributed by atoms with Gasteiger partial charge in [-0.15, -0.1) is 0 Å². The normalized spacial score (nSPS) is 16.5. The highest BCUT2D eigenvalue weighted by molar-refractivity contribution is 5.43. The standard InChI is InChI=1S/C25H40N4O3/c1-4-29-15-12-26-25(29)19-27(2)17-21-10-11-23(24(16-21)31-3)32-20-22(30)18-28-13-8-6-5-7-9-14-28/h10-12,15-16,22,30H,4-9,13-14,17-20H2,1-3H3/t22-/m0/s1. The van der Waals surface area contributed by atoms with Gasteiger partial charge in [-0.25, -0.2) is 4.98 Å². The molecule has 0 aliphatic carbocycles. The molecule has 1 aromatic carbocycles. The molecule has 1 atom stereocenters. The van der Waals surface area contributed by atoms with E-state index in [4.69, 9.17) is 9.47 Å². The number of aryl methyl sites for hydroxylation is 1.